The van der Waals surface area contributed by atoms with Gasteiger partial charge in [-0.3, -0.25) is 9.10 Å². The summed E-state index contributed by atoms with van der Waals surface area (Å²) in [6, 6.07) is 19.6. The number of fused-ring (bicyclic) bond motifs is 3. The molecular weight excluding hydrogens is 408 g/mol. The van der Waals surface area contributed by atoms with E-state index in [1.807, 2.05) is 43.3 Å². The Bertz CT molecular complexity index is 1210. The summed E-state index contributed by atoms with van der Waals surface area (Å²) in [5, 5.41) is 3.31. The van der Waals surface area contributed by atoms with Crippen LogP contribution in [0.25, 0.3) is 11.1 Å². The van der Waals surface area contributed by atoms with Crippen molar-refractivity contribution >= 4 is 33.2 Å². The van der Waals surface area contributed by atoms with Crippen LogP contribution in [0.3, 0.4) is 0 Å². The lowest BCUT2D eigenvalue weighted by atomic mass is 10.0. The van der Waals surface area contributed by atoms with Crippen LogP contribution in [0.2, 0.25) is 5.02 Å². The molecule has 0 radical (unpaired) electrons. The van der Waals surface area contributed by atoms with Crippen LogP contribution in [-0.4, -0.2) is 20.9 Å². The molecule has 0 atom stereocenters. The summed E-state index contributed by atoms with van der Waals surface area (Å²) >= 11 is 6.13. The molecule has 0 aromatic heterocycles. The Morgan fingerprint density at radius 1 is 1.00 bits per heavy atom. The van der Waals surface area contributed by atoms with Crippen molar-refractivity contribution in [3.05, 3.63) is 82.9 Å². The average molecular weight is 427 g/mol. The van der Waals surface area contributed by atoms with E-state index in [0.29, 0.717) is 16.3 Å². The Kier molecular flexibility index (Phi) is 5.06. The van der Waals surface area contributed by atoms with Gasteiger partial charge in [-0.15, -0.1) is 0 Å². The van der Waals surface area contributed by atoms with Gasteiger partial charge in [0.25, 0.3) is 10.0 Å². The van der Waals surface area contributed by atoms with Crippen molar-refractivity contribution in [2.24, 2.45) is 0 Å². The van der Waals surface area contributed by atoms with Crippen molar-refractivity contribution in [2.75, 3.05) is 10.8 Å². The molecule has 0 aliphatic carbocycles. The van der Waals surface area contributed by atoms with E-state index >= 15 is 0 Å². The molecule has 0 fully saturated rings. The van der Waals surface area contributed by atoms with Crippen LogP contribution < -0.4 is 9.62 Å². The van der Waals surface area contributed by atoms with Gasteiger partial charge in [0.05, 0.1) is 10.6 Å². The Morgan fingerprint density at radius 2 is 1.72 bits per heavy atom. The zero-order valence-electron chi connectivity index (χ0n) is 15.7. The minimum Gasteiger partial charge on any atom is -0.350 e. The molecular formula is C22H19ClN2O3S. The van der Waals surface area contributed by atoms with Gasteiger partial charge < -0.3 is 5.32 Å². The highest BCUT2D eigenvalue weighted by atomic mass is 35.5. The number of aryl methyl sites for hydroxylation is 1. The number of halogens is 1. The first-order valence-corrected chi connectivity index (χ1v) is 10.9. The van der Waals surface area contributed by atoms with Gasteiger partial charge in [-0.2, -0.15) is 0 Å². The molecule has 0 unspecified atom stereocenters. The monoisotopic (exact) mass is 426 g/mol. The third kappa shape index (κ3) is 3.61. The van der Waals surface area contributed by atoms with Crippen molar-refractivity contribution in [1.82, 2.24) is 5.32 Å². The number of benzene rings is 3. The van der Waals surface area contributed by atoms with Crippen molar-refractivity contribution in [2.45, 2.75) is 18.4 Å². The van der Waals surface area contributed by atoms with Gasteiger partial charge in [-0.1, -0.05) is 59.6 Å². The number of carbonyl (C=O) groups is 1. The smallest absolute Gasteiger partial charge is 0.265 e. The lowest BCUT2D eigenvalue weighted by Gasteiger charge is -2.31. The first-order chi connectivity index (χ1) is 13.9. The molecule has 3 aromatic rings. The highest BCUT2D eigenvalue weighted by Crippen LogP contribution is 2.43. The van der Waals surface area contributed by atoms with Crippen LogP contribution >= 0.6 is 11.6 Å². The van der Waals surface area contributed by atoms with E-state index in [2.05, 4.69) is 5.32 Å². The molecule has 4 rings (SSSR count). The third-order valence-corrected chi connectivity index (χ3v) is 7.07. The molecule has 1 N–H and O–H groups in total. The molecule has 0 spiro atoms. The first-order valence-electron chi connectivity index (χ1n) is 9.11. The molecule has 0 saturated carbocycles. The zero-order valence-corrected chi connectivity index (χ0v) is 17.3. The number of hydrogen-bond acceptors (Lipinski definition) is 3. The second-order valence-corrected chi connectivity index (χ2v) is 9.13. The van der Waals surface area contributed by atoms with Crippen molar-refractivity contribution in [3.8, 4) is 11.1 Å². The van der Waals surface area contributed by atoms with E-state index in [0.717, 1.165) is 16.7 Å². The van der Waals surface area contributed by atoms with Gasteiger partial charge in [0.1, 0.15) is 6.54 Å². The van der Waals surface area contributed by atoms with Crippen molar-refractivity contribution < 1.29 is 13.2 Å². The van der Waals surface area contributed by atoms with E-state index in [-0.39, 0.29) is 18.0 Å². The van der Waals surface area contributed by atoms with Crippen LogP contribution in [-0.2, 0) is 21.4 Å². The van der Waals surface area contributed by atoms with Gasteiger partial charge in [-0.25, -0.2) is 8.42 Å². The molecule has 1 heterocycles. The first kappa shape index (κ1) is 19.5. The Hall–Kier alpha value is -2.83. The zero-order chi connectivity index (χ0) is 20.6. The van der Waals surface area contributed by atoms with Crippen LogP contribution in [0.15, 0.2) is 71.6 Å². The van der Waals surface area contributed by atoms with Gasteiger partial charge in [0, 0.05) is 22.7 Å². The number of rotatable bonds is 4. The molecule has 3 aromatic carbocycles. The number of hydrogen-bond donors (Lipinski definition) is 1. The molecule has 29 heavy (non-hydrogen) atoms. The number of anilines is 1. The fourth-order valence-corrected chi connectivity index (χ4v) is 5.29. The third-order valence-electron chi connectivity index (χ3n) is 4.89. The number of nitrogens with one attached hydrogen (secondary N) is 1. The maximum Gasteiger partial charge on any atom is 0.265 e. The molecule has 1 amide bonds. The molecule has 0 bridgehead atoms. The van der Waals surface area contributed by atoms with E-state index in [9.17, 15) is 13.2 Å². The molecule has 7 heteroatoms. The number of carbonyl (C=O) groups excluding carboxylic acids is 1. The predicted molar refractivity (Wildman–Crippen MR) is 114 cm³/mol. The largest absolute Gasteiger partial charge is 0.350 e. The Morgan fingerprint density at radius 3 is 2.52 bits per heavy atom. The van der Waals surface area contributed by atoms with Crippen molar-refractivity contribution in [3.63, 3.8) is 0 Å². The SMILES string of the molecule is Cc1ccc2c(c1)-c1ccccc1S(=O)(=O)N2CC(=O)NCc1ccccc1Cl. The van der Waals surface area contributed by atoms with Gasteiger partial charge in [-0.05, 0) is 36.8 Å². The maximum atomic E-state index is 13.2. The number of sulfonamides is 1. The summed E-state index contributed by atoms with van der Waals surface area (Å²) < 4.78 is 27.7. The molecule has 5 nitrogen and oxygen atoms in total. The predicted octanol–water partition coefficient (Wildman–Crippen LogP) is 4.14. The quantitative estimate of drug-likeness (QED) is 0.681. The van der Waals surface area contributed by atoms with Gasteiger partial charge >= 0.3 is 0 Å². The summed E-state index contributed by atoms with van der Waals surface area (Å²) in [6.07, 6.45) is 0. The lowest BCUT2D eigenvalue weighted by molar-refractivity contribution is -0.119. The highest BCUT2D eigenvalue weighted by molar-refractivity contribution is 7.93. The molecule has 148 valence electrons. The van der Waals surface area contributed by atoms with Crippen LogP contribution in [0.1, 0.15) is 11.1 Å². The summed E-state index contributed by atoms with van der Waals surface area (Å²) in [5.74, 6) is -0.403. The summed E-state index contributed by atoms with van der Waals surface area (Å²) in [7, 11) is -3.85. The van der Waals surface area contributed by atoms with Crippen molar-refractivity contribution in [1.29, 1.82) is 0 Å². The van der Waals surface area contributed by atoms with E-state index in [4.69, 9.17) is 11.6 Å². The number of amides is 1. The molecule has 0 saturated heterocycles. The van der Waals surface area contributed by atoms with Gasteiger partial charge in [0.15, 0.2) is 0 Å². The van der Waals surface area contributed by atoms with Crippen LogP contribution in [0, 0.1) is 6.92 Å². The fraction of sp³-hybridized carbons (Fsp3) is 0.136. The highest BCUT2D eigenvalue weighted by Gasteiger charge is 2.35. The van der Waals surface area contributed by atoms with Crippen LogP contribution in [0.5, 0.6) is 0 Å². The minimum atomic E-state index is -3.85. The van der Waals surface area contributed by atoms with E-state index in [1.165, 1.54) is 4.31 Å². The lowest BCUT2D eigenvalue weighted by Crippen LogP contribution is -2.42. The fourth-order valence-electron chi connectivity index (χ4n) is 3.44. The summed E-state index contributed by atoms with van der Waals surface area (Å²) in [4.78, 5) is 12.8. The van der Waals surface area contributed by atoms with Crippen LogP contribution in [0.4, 0.5) is 5.69 Å². The summed E-state index contributed by atoms with van der Waals surface area (Å²) in [6.45, 7) is 1.87. The molecule has 1 aliphatic rings. The summed E-state index contributed by atoms with van der Waals surface area (Å²) in [5.41, 5.74) is 3.74. The van der Waals surface area contributed by atoms with E-state index < -0.39 is 15.9 Å². The number of nitrogens with zero attached hydrogens (tertiary/aromatic N) is 1. The second-order valence-electron chi connectivity index (χ2n) is 6.90. The normalized spacial score (nSPS) is 14.1. The maximum absolute atomic E-state index is 13.2. The van der Waals surface area contributed by atoms with E-state index in [1.54, 1.807) is 30.3 Å². The standard InChI is InChI=1S/C22H19ClN2O3S/c1-15-10-11-20-18(12-15)17-7-3-5-9-21(17)29(27,28)25(20)14-22(26)24-13-16-6-2-4-8-19(16)23/h2-12H,13-14H2,1H3,(H,24,26). The molecule has 1 aliphatic heterocycles. The average Bonchev–Trinajstić information content (AvgIpc) is 2.71. The Labute approximate surface area is 175 Å². The second kappa shape index (κ2) is 7.54. The van der Waals surface area contributed by atoms with Gasteiger partial charge in [0.2, 0.25) is 5.91 Å². The minimum absolute atomic E-state index is 0.206. The Balaban J connectivity index is 1.65. The topological polar surface area (TPSA) is 66.5 Å².